The van der Waals surface area contributed by atoms with Crippen molar-refractivity contribution in [2.24, 2.45) is 9.98 Å². The highest BCUT2D eigenvalue weighted by Gasteiger charge is 1.87. The van der Waals surface area contributed by atoms with Gasteiger partial charge in [0.1, 0.15) is 11.8 Å². The number of amidine groups is 1. The second-order valence-electron chi connectivity index (χ2n) is 1.10. The molecule has 0 aliphatic heterocycles. The van der Waals surface area contributed by atoms with E-state index in [4.69, 9.17) is 16.9 Å². The zero-order valence-corrected chi connectivity index (χ0v) is 5.39. The number of rotatable bonds is 1. The number of nitriles is 1. The van der Waals surface area contributed by atoms with Gasteiger partial charge in [-0.05, 0) is 18.3 Å². The Hall–Kier alpha value is -1.14. The van der Waals surface area contributed by atoms with Gasteiger partial charge in [0.05, 0.1) is 0 Å². The predicted octanol–water partition coefficient (Wildman–Crippen LogP) is 1.32. The molecule has 0 radical (unpaired) electrons. The van der Waals surface area contributed by atoms with Gasteiger partial charge in [-0.25, -0.2) is 9.98 Å². The molecule has 0 saturated carbocycles. The molecule has 0 heterocycles. The molecular formula is C5H4ClN3. The molecule has 3 nitrogen and oxygen atoms in total. The number of hydrogen-bond donors (Lipinski definition) is 0. The van der Waals surface area contributed by atoms with Crippen molar-refractivity contribution in [2.45, 2.75) is 0 Å². The van der Waals surface area contributed by atoms with Crippen LogP contribution < -0.4 is 0 Å². The third-order valence-corrected chi connectivity index (χ3v) is 0.691. The molecule has 0 amide bonds. The molecule has 0 atom stereocenters. The van der Waals surface area contributed by atoms with Crippen LogP contribution in [0.25, 0.3) is 0 Å². The zero-order valence-electron chi connectivity index (χ0n) is 4.63. The maximum atomic E-state index is 8.10. The van der Waals surface area contributed by atoms with Crippen molar-refractivity contribution in [3.05, 3.63) is 12.3 Å². The molecule has 0 aliphatic rings. The van der Waals surface area contributed by atoms with E-state index in [9.17, 15) is 0 Å². The van der Waals surface area contributed by atoms with Crippen LogP contribution in [0.5, 0.6) is 0 Å². The van der Waals surface area contributed by atoms with E-state index >= 15 is 0 Å². The number of halogens is 1. The average molecular weight is 142 g/mol. The van der Waals surface area contributed by atoms with E-state index in [0.29, 0.717) is 0 Å². The third-order valence-electron chi connectivity index (χ3n) is 0.487. The first-order chi connectivity index (χ1) is 4.20. The highest BCUT2D eigenvalue weighted by molar-refractivity contribution is 6.65. The summed E-state index contributed by atoms with van der Waals surface area (Å²) < 4.78 is 0. The summed E-state index contributed by atoms with van der Waals surface area (Å²) in [4.78, 5) is 6.64. The van der Waals surface area contributed by atoms with E-state index in [0.717, 1.165) is 0 Å². The molecule has 0 fully saturated rings. The molecule has 0 aromatic rings. The highest BCUT2D eigenvalue weighted by Crippen LogP contribution is 1.94. The molecule has 0 unspecified atom stereocenters. The molecule has 0 bridgehead atoms. The summed E-state index contributed by atoms with van der Waals surface area (Å²) in [5.41, 5.74) is 0.0207. The van der Waals surface area contributed by atoms with Gasteiger partial charge in [-0.1, -0.05) is 6.58 Å². The molecule has 0 aromatic heterocycles. The number of nitrogens with zero attached hydrogens (tertiary/aromatic N) is 3. The van der Waals surface area contributed by atoms with Crippen LogP contribution in [0.2, 0.25) is 0 Å². The fourth-order valence-corrected chi connectivity index (χ4v) is 0.274. The van der Waals surface area contributed by atoms with Crippen molar-refractivity contribution in [1.82, 2.24) is 0 Å². The Morgan fingerprint density at radius 2 is 2.22 bits per heavy atom. The van der Waals surface area contributed by atoms with Crippen molar-refractivity contribution < 1.29 is 0 Å². The normalized spacial score (nSPS) is 10.0. The monoisotopic (exact) mass is 141 g/mol. The molecule has 0 spiro atoms. The van der Waals surface area contributed by atoms with Gasteiger partial charge < -0.3 is 0 Å². The van der Waals surface area contributed by atoms with Crippen LogP contribution in [-0.2, 0) is 0 Å². The topological polar surface area (TPSA) is 48.5 Å². The second kappa shape index (κ2) is 3.81. The van der Waals surface area contributed by atoms with Crippen LogP contribution in [0, 0.1) is 11.3 Å². The van der Waals surface area contributed by atoms with Crippen LogP contribution in [0.15, 0.2) is 22.3 Å². The van der Waals surface area contributed by atoms with Gasteiger partial charge >= 0.3 is 0 Å². The van der Waals surface area contributed by atoms with Gasteiger partial charge in [0, 0.05) is 0 Å². The molecule has 0 saturated heterocycles. The number of allylic oxidation sites excluding steroid dienone is 1. The SMILES string of the molecule is C=NC(Cl)=NC(=C)C#N. The Balaban J connectivity index is 4.16. The average Bonchev–Trinajstić information content (AvgIpc) is 1.87. The fourth-order valence-electron chi connectivity index (χ4n) is 0.172. The van der Waals surface area contributed by atoms with E-state index in [2.05, 4.69) is 23.3 Å². The largest absolute Gasteiger partial charge is 0.234 e. The zero-order chi connectivity index (χ0) is 7.28. The minimum absolute atomic E-state index is 0.0207. The maximum absolute atomic E-state index is 8.10. The maximum Gasteiger partial charge on any atom is 0.222 e. The Morgan fingerprint density at radius 3 is 2.56 bits per heavy atom. The van der Waals surface area contributed by atoms with Gasteiger partial charge in [0.2, 0.25) is 5.29 Å². The van der Waals surface area contributed by atoms with Crippen molar-refractivity contribution >= 4 is 23.6 Å². The molecule has 0 aliphatic carbocycles. The standard InChI is InChI=1S/C5H4ClN3/c1-4(3-7)9-5(6)8-2/h1-2H2. The fraction of sp³-hybridized carbons (Fsp3) is 0. The predicted molar refractivity (Wildman–Crippen MR) is 37.6 cm³/mol. The molecule has 0 N–H and O–H groups in total. The Labute approximate surface area is 58.0 Å². The minimum Gasteiger partial charge on any atom is -0.234 e. The summed E-state index contributed by atoms with van der Waals surface area (Å²) in [6.45, 7) is 6.32. The van der Waals surface area contributed by atoms with Crippen LogP contribution in [0.4, 0.5) is 0 Å². The van der Waals surface area contributed by atoms with Gasteiger partial charge in [0.15, 0.2) is 0 Å². The molecule has 46 valence electrons. The van der Waals surface area contributed by atoms with Crippen molar-refractivity contribution in [3.8, 4) is 6.07 Å². The summed E-state index contributed by atoms with van der Waals surface area (Å²) in [5.74, 6) is 0. The smallest absolute Gasteiger partial charge is 0.222 e. The van der Waals surface area contributed by atoms with Crippen LogP contribution in [0.3, 0.4) is 0 Å². The van der Waals surface area contributed by atoms with Crippen molar-refractivity contribution in [3.63, 3.8) is 0 Å². The van der Waals surface area contributed by atoms with Gasteiger partial charge in [0.25, 0.3) is 0 Å². The molecular weight excluding hydrogens is 138 g/mol. The quantitative estimate of drug-likeness (QED) is 0.235. The Kier molecular flexibility index (Phi) is 3.33. The summed E-state index contributed by atoms with van der Waals surface area (Å²) in [5, 5.41) is 8.03. The van der Waals surface area contributed by atoms with Crippen LogP contribution in [-0.4, -0.2) is 12.0 Å². The molecule has 0 aromatic carbocycles. The van der Waals surface area contributed by atoms with Gasteiger partial charge in [-0.2, -0.15) is 5.26 Å². The first kappa shape index (κ1) is 7.86. The van der Waals surface area contributed by atoms with E-state index in [1.165, 1.54) is 0 Å². The summed E-state index contributed by atoms with van der Waals surface area (Å²) >= 11 is 5.25. The van der Waals surface area contributed by atoms with Crippen molar-refractivity contribution in [1.29, 1.82) is 5.26 Å². The van der Waals surface area contributed by atoms with E-state index in [1.54, 1.807) is 6.07 Å². The lowest BCUT2D eigenvalue weighted by Crippen LogP contribution is -1.78. The lowest BCUT2D eigenvalue weighted by atomic mass is 10.6. The lowest BCUT2D eigenvalue weighted by Gasteiger charge is -1.82. The minimum atomic E-state index is -0.0680. The van der Waals surface area contributed by atoms with E-state index in [-0.39, 0.29) is 11.0 Å². The molecule has 0 rings (SSSR count). The number of aliphatic imine (C=N–C) groups is 2. The summed E-state index contributed by atoms with van der Waals surface area (Å²) in [7, 11) is 0. The van der Waals surface area contributed by atoms with Crippen molar-refractivity contribution in [2.75, 3.05) is 0 Å². The van der Waals surface area contributed by atoms with Gasteiger partial charge in [-0.15, -0.1) is 0 Å². The van der Waals surface area contributed by atoms with E-state index in [1.807, 2.05) is 0 Å². The third kappa shape index (κ3) is 3.44. The Bertz CT molecular complexity index is 199. The van der Waals surface area contributed by atoms with Crippen LogP contribution in [0.1, 0.15) is 0 Å². The first-order valence-corrected chi connectivity index (χ1v) is 2.38. The summed E-state index contributed by atoms with van der Waals surface area (Å²) in [6, 6.07) is 1.68. The van der Waals surface area contributed by atoms with E-state index < -0.39 is 0 Å². The van der Waals surface area contributed by atoms with Crippen LogP contribution >= 0.6 is 11.6 Å². The highest BCUT2D eigenvalue weighted by atomic mass is 35.5. The molecule has 4 heteroatoms. The lowest BCUT2D eigenvalue weighted by molar-refractivity contribution is 1.39. The molecule has 9 heavy (non-hydrogen) atoms. The second-order valence-corrected chi connectivity index (χ2v) is 1.44. The first-order valence-electron chi connectivity index (χ1n) is 2.00. The van der Waals surface area contributed by atoms with Gasteiger partial charge in [-0.3, -0.25) is 0 Å². The summed E-state index contributed by atoms with van der Waals surface area (Å²) in [6.07, 6.45) is 0. The number of hydrogen-bond acceptors (Lipinski definition) is 2. The Morgan fingerprint density at radius 1 is 1.67 bits per heavy atom.